The van der Waals surface area contributed by atoms with Crippen molar-refractivity contribution < 1.29 is 9.59 Å². The molecule has 0 bridgehead atoms. The van der Waals surface area contributed by atoms with Crippen LogP contribution in [0.1, 0.15) is 17.0 Å². The summed E-state index contributed by atoms with van der Waals surface area (Å²) in [7, 11) is 0. The molecule has 6 heteroatoms. The van der Waals surface area contributed by atoms with Crippen molar-refractivity contribution in [3.63, 3.8) is 0 Å². The normalized spacial score (nSPS) is 14.2. The maximum Gasteiger partial charge on any atom is 0.272 e. The van der Waals surface area contributed by atoms with Gasteiger partial charge >= 0.3 is 0 Å². The second-order valence-corrected chi connectivity index (χ2v) is 5.72. The summed E-state index contributed by atoms with van der Waals surface area (Å²) in [6, 6.07) is 16.9. The summed E-state index contributed by atoms with van der Waals surface area (Å²) >= 11 is 0. The van der Waals surface area contributed by atoms with Crippen LogP contribution in [0, 0.1) is 24.2 Å². The highest BCUT2D eigenvalue weighted by molar-refractivity contribution is 5.87. The topological polar surface area (TPSA) is 95.0 Å². The first-order chi connectivity index (χ1) is 12.6. The number of rotatable bonds is 7. The summed E-state index contributed by atoms with van der Waals surface area (Å²) in [6.45, 7) is 5.18. The van der Waals surface area contributed by atoms with Crippen LogP contribution >= 0.6 is 0 Å². The van der Waals surface area contributed by atoms with Gasteiger partial charge in [0.25, 0.3) is 5.91 Å². The summed E-state index contributed by atoms with van der Waals surface area (Å²) in [6.07, 6.45) is 0.517. The van der Waals surface area contributed by atoms with E-state index in [1.807, 2.05) is 31.2 Å². The first-order valence-corrected chi connectivity index (χ1v) is 7.98. The highest BCUT2D eigenvalue weighted by Gasteiger charge is 2.36. The number of nitriles is 1. The van der Waals surface area contributed by atoms with Crippen LogP contribution in [-0.2, 0) is 9.59 Å². The van der Waals surface area contributed by atoms with E-state index in [-0.39, 0.29) is 0 Å². The van der Waals surface area contributed by atoms with E-state index in [2.05, 4.69) is 21.9 Å². The lowest BCUT2D eigenvalue weighted by Gasteiger charge is -2.22. The predicted molar refractivity (Wildman–Crippen MR) is 98.4 cm³/mol. The van der Waals surface area contributed by atoms with Crippen molar-refractivity contribution in [3.05, 3.63) is 65.7 Å². The molecule has 3 unspecified atom stereocenters. The molecule has 2 aromatic rings. The number of aliphatic imine (C=N–C) groups is 1. The molecule has 6 nitrogen and oxygen atoms in total. The molecule has 0 saturated heterocycles. The maximum atomic E-state index is 12.3. The number of aryl methyl sites for hydroxylation is 1. The smallest absolute Gasteiger partial charge is 0.272 e. The van der Waals surface area contributed by atoms with E-state index in [4.69, 9.17) is 0 Å². The van der Waals surface area contributed by atoms with Gasteiger partial charge in [0.05, 0.1) is 11.8 Å². The monoisotopic (exact) mass is 346 g/mol. The van der Waals surface area contributed by atoms with E-state index < -0.39 is 23.8 Å². The molecule has 2 aromatic carbocycles. The summed E-state index contributed by atoms with van der Waals surface area (Å²) in [5.74, 6) is -2.51. The fraction of sp³-hybridized carbons (Fsp3) is 0.200. The average Bonchev–Trinajstić information content (AvgIpc) is 2.68. The Labute approximate surface area is 151 Å². The van der Waals surface area contributed by atoms with Crippen LogP contribution in [0.2, 0.25) is 0 Å². The van der Waals surface area contributed by atoms with E-state index in [9.17, 15) is 14.9 Å². The van der Waals surface area contributed by atoms with Crippen LogP contribution in [0.5, 0.6) is 0 Å². The fourth-order valence-electron chi connectivity index (χ4n) is 2.64. The maximum absolute atomic E-state index is 12.3. The van der Waals surface area contributed by atoms with Gasteiger partial charge in [-0.2, -0.15) is 15.5 Å². The highest BCUT2D eigenvalue weighted by atomic mass is 16.1. The highest BCUT2D eigenvalue weighted by Crippen LogP contribution is 2.31. The number of hydrogen-bond donors (Lipinski definition) is 0. The average molecular weight is 346 g/mol. The zero-order chi connectivity index (χ0) is 18.9. The van der Waals surface area contributed by atoms with Crippen LogP contribution in [0.3, 0.4) is 0 Å². The Balaban J connectivity index is 2.50. The quantitative estimate of drug-likeness (QED) is 0.433. The minimum absolute atomic E-state index is 0.517. The summed E-state index contributed by atoms with van der Waals surface area (Å²) in [4.78, 5) is 27.2. The molecule has 0 radical (unpaired) electrons. The second-order valence-electron chi connectivity index (χ2n) is 5.72. The number of benzene rings is 2. The molecule has 0 aromatic heterocycles. The first-order valence-electron chi connectivity index (χ1n) is 7.98. The Morgan fingerprint density at radius 3 is 2.50 bits per heavy atom. The third kappa shape index (κ3) is 4.54. The largest absolute Gasteiger partial charge is 0.302 e. The lowest BCUT2D eigenvalue weighted by molar-refractivity contribution is -0.120. The van der Waals surface area contributed by atoms with Crippen LogP contribution in [0.25, 0.3) is 0 Å². The van der Waals surface area contributed by atoms with Gasteiger partial charge in [-0.05, 0) is 36.9 Å². The number of carbonyl (C=O) groups excluding carboxylic acids is 2. The van der Waals surface area contributed by atoms with Crippen LogP contribution in [0.4, 0.5) is 5.69 Å². The summed E-state index contributed by atoms with van der Waals surface area (Å²) < 4.78 is 0. The van der Waals surface area contributed by atoms with E-state index in [0.717, 1.165) is 5.56 Å². The van der Waals surface area contributed by atoms with Crippen molar-refractivity contribution in [2.24, 2.45) is 21.1 Å². The van der Waals surface area contributed by atoms with E-state index in [1.165, 1.54) is 0 Å². The van der Waals surface area contributed by atoms with Crippen LogP contribution in [-0.4, -0.2) is 25.0 Å². The van der Waals surface area contributed by atoms with E-state index in [1.54, 1.807) is 36.4 Å². The van der Waals surface area contributed by atoms with Crippen LogP contribution in [0.15, 0.2) is 69.8 Å². The molecule has 0 N–H and O–H groups in total. The van der Waals surface area contributed by atoms with Gasteiger partial charge in [-0.15, -0.1) is 0 Å². The molecule has 0 aliphatic carbocycles. The van der Waals surface area contributed by atoms with Gasteiger partial charge in [0.1, 0.15) is 12.2 Å². The summed E-state index contributed by atoms with van der Waals surface area (Å²) in [5.41, 5.74) is 2.20. The molecular formula is C20H18N4O2. The third-order valence-electron chi connectivity index (χ3n) is 3.92. The number of hydrogen-bond acceptors (Lipinski definition) is 5. The van der Waals surface area contributed by atoms with Gasteiger partial charge in [0, 0.05) is 5.92 Å². The molecule has 0 fully saturated rings. The zero-order valence-corrected chi connectivity index (χ0v) is 14.3. The third-order valence-corrected chi connectivity index (χ3v) is 3.92. The molecule has 0 saturated carbocycles. The van der Waals surface area contributed by atoms with Crippen molar-refractivity contribution in [2.75, 3.05) is 0 Å². The Morgan fingerprint density at radius 2 is 1.92 bits per heavy atom. The number of amides is 1. The molecule has 0 spiro atoms. The molecule has 130 valence electrons. The molecule has 2 rings (SSSR count). The Morgan fingerprint density at radius 1 is 1.19 bits per heavy atom. The Hall–Kier alpha value is -3.46. The van der Waals surface area contributed by atoms with E-state index >= 15 is 0 Å². The molecule has 1 amide bonds. The lowest BCUT2D eigenvalue weighted by atomic mass is 9.82. The molecule has 0 heterocycles. The Bertz CT molecular complexity index is 856. The van der Waals surface area contributed by atoms with Gasteiger partial charge < -0.3 is 4.79 Å². The fourth-order valence-corrected chi connectivity index (χ4v) is 2.64. The van der Waals surface area contributed by atoms with Gasteiger partial charge in [0.2, 0.25) is 0 Å². The van der Waals surface area contributed by atoms with Crippen LogP contribution < -0.4 is 0 Å². The van der Waals surface area contributed by atoms with Crippen molar-refractivity contribution >= 4 is 24.6 Å². The number of carbonyl (C=O) groups is 2. The first kappa shape index (κ1) is 18.9. The molecule has 3 atom stereocenters. The summed E-state index contributed by atoms with van der Waals surface area (Å²) in [5, 5.41) is 17.6. The van der Waals surface area contributed by atoms with E-state index in [0.29, 0.717) is 17.5 Å². The zero-order valence-electron chi connectivity index (χ0n) is 14.3. The van der Waals surface area contributed by atoms with Gasteiger partial charge in [-0.25, -0.2) is 4.99 Å². The molecule has 0 aliphatic heterocycles. The standard InChI is InChI=1S/C20H18N4O2/c1-14-7-6-10-17(11-14)23-24-19(20(26)22-2)18(16(12-21)13-25)15-8-4-3-5-9-15/h3-11,13,16,18-19H,2H2,1H3. The van der Waals surface area contributed by atoms with Crippen molar-refractivity contribution in [1.82, 2.24) is 0 Å². The van der Waals surface area contributed by atoms with Gasteiger partial charge in [-0.1, -0.05) is 42.5 Å². The second kappa shape index (κ2) is 9.14. The number of aldehydes is 1. The minimum atomic E-state index is -1.12. The molecule has 0 aliphatic rings. The van der Waals surface area contributed by atoms with Gasteiger partial charge in [0.15, 0.2) is 6.04 Å². The number of azo groups is 1. The lowest BCUT2D eigenvalue weighted by Crippen LogP contribution is -2.30. The minimum Gasteiger partial charge on any atom is -0.302 e. The van der Waals surface area contributed by atoms with Crippen molar-refractivity contribution in [3.8, 4) is 6.07 Å². The predicted octanol–water partition coefficient (Wildman–Crippen LogP) is 3.80. The van der Waals surface area contributed by atoms with Crippen molar-refractivity contribution in [1.29, 1.82) is 5.26 Å². The SMILES string of the molecule is C=NC(=O)C(N=Nc1cccc(C)c1)C(c1ccccc1)C(C#N)C=O. The molecular weight excluding hydrogens is 328 g/mol. The van der Waals surface area contributed by atoms with Crippen molar-refractivity contribution in [2.45, 2.75) is 18.9 Å². The Kier molecular flexibility index (Phi) is 6.63. The van der Waals surface area contributed by atoms with Gasteiger partial charge in [-0.3, -0.25) is 4.79 Å². The number of nitrogens with zero attached hydrogens (tertiary/aromatic N) is 4. The molecule has 26 heavy (non-hydrogen) atoms.